The number of aliphatic hydroxyl groups excluding tert-OH is 1. The van der Waals surface area contributed by atoms with E-state index in [1.165, 1.54) is 0 Å². The topological polar surface area (TPSA) is 44.0 Å². The minimum absolute atomic E-state index is 0.230. The van der Waals surface area contributed by atoms with E-state index in [0.717, 1.165) is 6.42 Å². The average Bonchev–Trinajstić information content (AvgIpc) is 1.85. The van der Waals surface area contributed by atoms with E-state index in [1.807, 2.05) is 6.07 Å². The highest BCUT2D eigenvalue weighted by molar-refractivity contribution is 4.77. The lowest BCUT2D eigenvalue weighted by Crippen LogP contribution is -2.03. The largest absolute Gasteiger partial charge is 0.392 e. The van der Waals surface area contributed by atoms with Gasteiger partial charge in [-0.05, 0) is 12.8 Å². The first kappa shape index (κ1) is 8.19. The van der Waals surface area contributed by atoms with Crippen LogP contribution < -0.4 is 0 Å². The summed E-state index contributed by atoms with van der Waals surface area (Å²) in [6, 6.07) is 1.89. The van der Waals surface area contributed by atoms with Crippen LogP contribution in [0.2, 0.25) is 0 Å². The monoisotopic (exact) mass is 125 g/mol. The molecule has 0 aromatic carbocycles. The molecule has 50 valence electrons. The maximum atomic E-state index is 8.91. The molecule has 0 saturated carbocycles. The van der Waals surface area contributed by atoms with Crippen molar-refractivity contribution in [2.45, 2.75) is 25.4 Å². The highest BCUT2D eigenvalue weighted by Gasteiger charge is 1.99. The Morgan fingerprint density at radius 2 is 2.44 bits per heavy atom. The zero-order valence-electron chi connectivity index (χ0n) is 5.38. The van der Waals surface area contributed by atoms with E-state index in [-0.39, 0.29) is 6.42 Å². The molecule has 2 nitrogen and oxygen atoms in total. The van der Waals surface area contributed by atoms with Crippen LogP contribution in [0.3, 0.4) is 0 Å². The van der Waals surface area contributed by atoms with Crippen LogP contribution in [0.15, 0.2) is 12.7 Å². The van der Waals surface area contributed by atoms with E-state index < -0.39 is 6.10 Å². The summed E-state index contributed by atoms with van der Waals surface area (Å²) in [6.45, 7) is 3.50. The number of nitrogens with zero attached hydrogens (tertiary/aromatic N) is 1. The van der Waals surface area contributed by atoms with Crippen LogP contribution in [0.25, 0.3) is 0 Å². The van der Waals surface area contributed by atoms with Crippen molar-refractivity contribution in [2.75, 3.05) is 0 Å². The van der Waals surface area contributed by atoms with Crippen molar-refractivity contribution in [2.24, 2.45) is 0 Å². The van der Waals surface area contributed by atoms with E-state index >= 15 is 0 Å². The SMILES string of the molecule is C=CCCC(O)CC#N. The molecule has 0 amide bonds. The first-order valence-corrected chi connectivity index (χ1v) is 2.97. The van der Waals surface area contributed by atoms with Crippen molar-refractivity contribution < 1.29 is 5.11 Å². The number of rotatable bonds is 4. The molecule has 0 spiro atoms. The molecule has 0 fully saturated rings. The van der Waals surface area contributed by atoms with Crippen LogP contribution in [-0.4, -0.2) is 11.2 Å². The predicted octanol–water partition coefficient (Wildman–Crippen LogP) is 1.23. The highest BCUT2D eigenvalue weighted by atomic mass is 16.3. The predicted molar refractivity (Wildman–Crippen MR) is 35.7 cm³/mol. The van der Waals surface area contributed by atoms with Crippen molar-refractivity contribution >= 4 is 0 Å². The summed E-state index contributed by atoms with van der Waals surface area (Å²) in [5, 5.41) is 17.0. The molecule has 0 rings (SSSR count). The maximum Gasteiger partial charge on any atom is 0.0673 e. The lowest BCUT2D eigenvalue weighted by atomic mass is 10.1. The third-order valence-corrected chi connectivity index (χ3v) is 1.03. The molecule has 1 unspecified atom stereocenters. The van der Waals surface area contributed by atoms with Gasteiger partial charge >= 0.3 is 0 Å². The Kier molecular flexibility index (Phi) is 4.85. The van der Waals surface area contributed by atoms with Crippen molar-refractivity contribution in [1.29, 1.82) is 5.26 Å². The van der Waals surface area contributed by atoms with Gasteiger partial charge in [0.15, 0.2) is 0 Å². The minimum Gasteiger partial charge on any atom is -0.392 e. The zero-order valence-corrected chi connectivity index (χ0v) is 5.38. The van der Waals surface area contributed by atoms with Gasteiger partial charge in [0.25, 0.3) is 0 Å². The Hall–Kier alpha value is -0.810. The molecule has 2 heteroatoms. The molecule has 0 saturated heterocycles. The fourth-order valence-corrected chi connectivity index (χ4v) is 0.518. The first-order chi connectivity index (χ1) is 4.31. The van der Waals surface area contributed by atoms with Crippen molar-refractivity contribution in [3.05, 3.63) is 12.7 Å². The minimum atomic E-state index is -0.465. The van der Waals surface area contributed by atoms with Gasteiger partial charge < -0.3 is 5.11 Å². The molecule has 1 N–H and O–H groups in total. The quantitative estimate of drug-likeness (QED) is 0.574. The molecule has 0 bridgehead atoms. The number of allylic oxidation sites excluding steroid dienone is 1. The van der Waals surface area contributed by atoms with E-state index in [9.17, 15) is 0 Å². The van der Waals surface area contributed by atoms with Gasteiger partial charge in [0, 0.05) is 0 Å². The number of hydrogen-bond donors (Lipinski definition) is 1. The standard InChI is InChI=1S/C7H11NO/c1-2-3-4-7(9)5-6-8/h2,7,9H,1,3-5H2. The van der Waals surface area contributed by atoms with Gasteiger partial charge in [0.05, 0.1) is 18.6 Å². The first-order valence-electron chi connectivity index (χ1n) is 2.97. The fourth-order valence-electron chi connectivity index (χ4n) is 0.518. The van der Waals surface area contributed by atoms with Gasteiger partial charge in [-0.1, -0.05) is 6.08 Å². The van der Waals surface area contributed by atoms with E-state index in [0.29, 0.717) is 6.42 Å². The van der Waals surface area contributed by atoms with E-state index in [1.54, 1.807) is 6.08 Å². The van der Waals surface area contributed by atoms with E-state index in [4.69, 9.17) is 10.4 Å². The van der Waals surface area contributed by atoms with Gasteiger partial charge in [0.1, 0.15) is 0 Å². The summed E-state index contributed by atoms with van der Waals surface area (Å²) >= 11 is 0. The molecule has 0 aromatic heterocycles. The number of hydrogen-bond acceptors (Lipinski definition) is 2. The average molecular weight is 125 g/mol. The van der Waals surface area contributed by atoms with Crippen molar-refractivity contribution in [1.82, 2.24) is 0 Å². The third kappa shape index (κ3) is 5.05. The Morgan fingerprint density at radius 1 is 1.78 bits per heavy atom. The summed E-state index contributed by atoms with van der Waals surface area (Å²) in [5.74, 6) is 0. The lowest BCUT2D eigenvalue weighted by molar-refractivity contribution is 0.171. The van der Waals surface area contributed by atoms with Gasteiger partial charge in [-0.3, -0.25) is 0 Å². The molecule has 0 aliphatic carbocycles. The molecule has 0 heterocycles. The second-order valence-electron chi connectivity index (χ2n) is 1.88. The second kappa shape index (κ2) is 5.33. The van der Waals surface area contributed by atoms with Gasteiger partial charge in [-0.2, -0.15) is 5.26 Å². The Balaban J connectivity index is 3.17. The summed E-state index contributed by atoms with van der Waals surface area (Å²) in [5.41, 5.74) is 0. The Morgan fingerprint density at radius 3 is 2.89 bits per heavy atom. The van der Waals surface area contributed by atoms with Crippen LogP contribution in [-0.2, 0) is 0 Å². The summed E-state index contributed by atoms with van der Waals surface area (Å²) in [6.07, 6.45) is 2.93. The smallest absolute Gasteiger partial charge is 0.0673 e. The molecule has 0 aliphatic rings. The molecular weight excluding hydrogens is 114 g/mol. The summed E-state index contributed by atoms with van der Waals surface area (Å²) < 4.78 is 0. The normalized spacial score (nSPS) is 12.0. The summed E-state index contributed by atoms with van der Waals surface area (Å²) in [7, 11) is 0. The van der Waals surface area contributed by atoms with Crippen LogP contribution in [0.4, 0.5) is 0 Å². The fraction of sp³-hybridized carbons (Fsp3) is 0.571. The molecule has 1 atom stereocenters. The van der Waals surface area contributed by atoms with Crippen molar-refractivity contribution in [3.63, 3.8) is 0 Å². The molecule has 0 aliphatic heterocycles. The third-order valence-electron chi connectivity index (χ3n) is 1.03. The van der Waals surface area contributed by atoms with Gasteiger partial charge in [-0.25, -0.2) is 0 Å². The number of aliphatic hydroxyl groups is 1. The van der Waals surface area contributed by atoms with E-state index in [2.05, 4.69) is 6.58 Å². The Bertz CT molecular complexity index is 115. The highest BCUT2D eigenvalue weighted by Crippen LogP contribution is 1.99. The van der Waals surface area contributed by atoms with Crippen LogP contribution >= 0.6 is 0 Å². The molecule has 0 aromatic rings. The van der Waals surface area contributed by atoms with Crippen LogP contribution in [0.1, 0.15) is 19.3 Å². The molecule has 9 heavy (non-hydrogen) atoms. The van der Waals surface area contributed by atoms with Gasteiger partial charge in [0.2, 0.25) is 0 Å². The zero-order chi connectivity index (χ0) is 7.11. The lowest BCUT2D eigenvalue weighted by Gasteiger charge is -2.00. The maximum absolute atomic E-state index is 8.91. The Labute approximate surface area is 55.4 Å². The number of nitriles is 1. The van der Waals surface area contributed by atoms with Crippen molar-refractivity contribution in [3.8, 4) is 6.07 Å². The van der Waals surface area contributed by atoms with Crippen LogP contribution in [0, 0.1) is 11.3 Å². The summed E-state index contributed by atoms with van der Waals surface area (Å²) in [4.78, 5) is 0. The molecule has 0 radical (unpaired) electrons. The molecular formula is C7H11NO. The second-order valence-corrected chi connectivity index (χ2v) is 1.88. The van der Waals surface area contributed by atoms with Gasteiger partial charge in [-0.15, -0.1) is 6.58 Å². The van der Waals surface area contributed by atoms with Crippen LogP contribution in [0.5, 0.6) is 0 Å².